The lowest BCUT2D eigenvalue weighted by atomic mass is 10.4. The van der Waals surface area contributed by atoms with Gasteiger partial charge < -0.3 is 9.84 Å². The number of hydrogen-bond acceptors (Lipinski definition) is 8. The first-order valence-corrected chi connectivity index (χ1v) is 9.69. The number of halogens is 1. The second-order valence-electron chi connectivity index (χ2n) is 5.70. The Bertz CT molecular complexity index is 1080. The second kappa shape index (κ2) is 7.90. The molecule has 0 aliphatic rings. The summed E-state index contributed by atoms with van der Waals surface area (Å²) >= 11 is 7.55. The highest BCUT2D eigenvalue weighted by Gasteiger charge is 2.16. The minimum absolute atomic E-state index is 0.203. The minimum atomic E-state index is -0.338. The minimum Gasteiger partial charge on any atom is -0.349 e. The van der Waals surface area contributed by atoms with E-state index < -0.39 is 0 Å². The zero-order valence-corrected chi connectivity index (χ0v) is 16.3. The molecule has 1 N–H and O–H groups in total. The average Bonchev–Trinajstić information content (AvgIpc) is 3.46. The molecule has 0 saturated carbocycles. The number of amides is 1. The summed E-state index contributed by atoms with van der Waals surface area (Å²) in [7, 11) is 0. The van der Waals surface area contributed by atoms with E-state index >= 15 is 0 Å². The van der Waals surface area contributed by atoms with Gasteiger partial charge >= 0.3 is 0 Å². The third kappa shape index (κ3) is 3.80. The summed E-state index contributed by atoms with van der Waals surface area (Å²) in [6, 6.07) is 3.83. The van der Waals surface area contributed by atoms with Gasteiger partial charge in [-0.25, -0.2) is 4.68 Å². The Labute approximate surface area is 168 Å². The fourth-order valence-corrected chi connectivity index (χ4v) is 3.31. The predicted octanol–water partition coefficient (Wildman–Crippen LogP) is 2.36. The molecule has 0 bridgehead atoms. The quantitative estimate of drug-likeness (QED) is 0.489. The number of nitrogens with one attached hydrogen (secondary N) is 1. The zero-order chi connectivity index (χ0) is 19.5. The molecule has 1 amide bonds. The molecular weight excluding hydrogens is 404 g/mol. The molecule has 0 aromatic carbocycles. The summed E-state index contributed by atoms with van der Waals surface area (Å²) in [6.45, 7) is 3.30. The van der Waals surface area contributed by atoms with Crippen molar-refractivity contribution in [1.82, 2.24) is 40.2 Å². The molecule has 28 heavy (non-hydrogen) atoms. The van der Waals surface area contributed by atoms with E-state index in [2.05, 4.69) is 30.9 Å². The number of aryl methyl sites for hydroxylation is 1. The summed E-state index contributed by atoms with van der Waals surface area (Å²) < 4.78 is 8.44. The van der Waals surface area contributed by atoms with E-state index in [0.717, 1.165) is 4.88 Å². The fraction of sp³-hybridized carbons (Fsp3) is 0.250. The molecule has 0 atom stereocenters. The first-order valence-electron chi connectivity index (χ1n) is 8.43. The maximum absolute atomic E-state index is 12.2. The molecule has 144 valence electrons. The largest absolute Gasteiger partial charge is 0.349 e. The van der Waals surface area contributed by atoms with Crippen LogP contribution in [-0.2, 0) is 13.1 Å². The van der Waals surface area contributed by atoms with Crippen LogP contribution in [0.5, 0.6) is 0 Å². The van der Waals surface area contributed by atoms with Crippen molar-refractivity contribution in [2.75, 3.05) is 6.54 Å². The number of carbonyl (C=O) groups is 1. The SMILES string of the molecule is CCn1cc(Cl)c(C(=O)NCCn2cc(-c3nc(-c4cccs4)no3)nn2)n1. The summed E-state index contributed by atoms with van der Waals surface area (Å²) in [5.74, 6) is 0.459. The van der Waals surface area contributed by atoms with E-state index in [9.17, 15) is 4.79 Å². The first-order chi connectivity index (χ1) is 13.6. The molecule has 0 radical (unpaired) electrons. The van der Waals surface area contributed by atoms with Gasteiger partial charge in [0.1, 0.15) is 0 Å². The van der Waals surface area contributed by atoms with Crippen molar-refractivity contribution in [1.29, 1.82) is 0 Å². The number of nitrogens with zero attached hydrogens (tertiary/aromatic N) is 7. The summed E-state index contributed by atoms with van der Waals surface area (Å²) in [4.78, 5) is 17.4. The van der Waals surface area contributed by atoms with Crippen LogP contribution in [0.15, 0.2) is 34.4 Å². The van der Waals surface area contributed by atoms with E-state index in [-0.39, 0.29) is 17.5 Å². The van der Waals surface area contributed by atoms with Crippen molar-refractivity contribution in [3.63, 3.8) is 0 Å². The molecule has 4 aromatic rings. The Kier molecular flexibility index (Phi) is 5.17. The van der Waals surface area contributed by atoms with Gasteiger partial charge in [0.25, 0.3) is 11.8 Å². The van der Waals surface area contributed by atoms with Gasteiger partial charge in [-0.2, -0.15) is 10.1 Å². The van der Waals surface area contributed by atoms with Gasteiger partial charge in [-0.3, -0.25) is 9.48 Å². The molecule has 4 heterocycles. The van der Waals surface area contributed by atoms with E-state index in [4.69, 9.17) is 16.1 Å². The van der Waals surface area contributed by atoms with Crippen LogP contribution in [-0.4, -0.2) is 47.4 Å². The Hall–Kier alpha value is -3.05. The number of hydrogen-bond donors (Lipinski definition) is 1. The van der Waals surface area contributed by atoms with E-state index in [1.165, 1.54) is 11.3 Å². The molecule has 0 saturated heterocycles. The highest BCUT2D eigenvalue weighted by Crippen LogP contribution is 2.24. The Balaban J connectivity index is 1.35. The van der Waals surface area contributed by atoms with Crippen LogP contribution in [0.4, 0.5) is 0 Å². The van der Waals surface area contributed by atoms with Crippen LogP contribution in [0.1, 0.15) is 17.4 Å². The molecule has 0 aliphatic carbocycles. The molecule has 0 fully saturated rings. The number of rotatable bonds is 7. The monoisotopic (exact) mass is 418 g/mol. The molecule has 10 nitrogen and oxygen atoms in total. The Morgan fingerprint density at radius 2 is 2.25 bits per heavy atom. The summed E-state index contributed by atoms with van der Waals surface area (Å²) in [5, 5.41) is 21.2. The van der Waals surface area contributed by atoms with Gasteiger partial charge in [-0.15, -0.1) is 16.4 Å². The van der Waals surface area contributed by atoms with Gasteiger partial charge in [0.05, 0.1) is 22.6 Å². The molecule has 0 unspecified atom stereocenters. The predicted molar refractivity (Wildman–Crippen MR) is 102 cm³/mol. The Morgan fingerprint density at radius 3 is 3.00 bits per heavy atom. The van der Waals surface area contributed by atoms with E-state index in [1.54, 1.807) is 21.8 Å². The standard InChI is InChI=1S/C16H15ClN8O2S/c1-2-24-8-10(17)13(21-24)15(26)18-5-6-25-9-11(20-23-25)16-19-14(22-27-16)12-4-3-7-28-12/h3-4,7-9H,2,5-6H2,1H3,(H,18,26). The first kappa shape index (κ1) is 18.3. The lowest BCUT2D eigenvalue weighted by molar-refractivity contribution is 0.0946. The fourth-order valence-electron chi connectivity index (χ4n) is 2.42. The van der Waals surface area contributed by atoms with Crippen LogP contribution >= 0.6 is 22.9 Å². The van der Waals surface area contributed by atoms with Crippen molar-refractivity contribution in [2.24, 2.45) is 0 Å². The molecule has 0 spiro atoms. The third-order valence-electron chi connectivity index (χ3n) is 3.81. The van der Waals surface area contributed by atoms with Gasteiger partial charge in [-0.1, -0.05) is 28.0 Å². The van der Waals surface area contributed by atoms with E-state index in [1.807, 2.05) is 24.4 Å². The van der Waals surface area contributed by atoms with Crippen LogP contribution in [0.25, 0.3) is 22.3 Å². The van der Waals surface area contributed by atoms with Crippen molar-refractivity contribution < 1.29 is 9.32 Å². The normalized spacial score (nSPS) is 11.1. The second-order valence-corrected chi connectivity index (χ2v) is 7.06. The van der Waals surface area contributed by atoms with Gasteiger partial charge in [0.2, 0.25) is 5.82 Å². The van der Waals surface area contributed by atoms with Gasteiger partial charge in [-0.05, 0) is 18.4 Å². The zero-order valence-electron chi connectivity index (χ0n) is 14.7. The smallest absolute Gasteiger partial charge is 0.280 e. The highest BCUT2D eigenvalue weighted by atomic mass is 35.5. The van der Waals surface area contributed by atoms with Crippen molar-refractivity contribution in [3.8, 4) is 22.3 Å². The van der Waals surface area contributed by atoms with Crippen LogP contribution in [0, 0.1) is 0 Å². The molecular formula is C16H15ClN8O2S. The molecule has 4 rings (SSSR count). The average molecular weight is 419 g/mol. The molecule has 4 aromatic heterocycles. The van der Waals surface area contributed by atoms with Crippen LogP contribution in [0.2, 0.25) is 5.02 Å². The van der Waals surface area contributed by atoms with Crippen LogP contribution in [0.3, 0.4) is 0 Å². The van der Waals surface area contributed by atoms with Crippen LogP contribution < -0.4 is 5.32 Å². The van der Waals surface area contributed by atoms with Gasteiger partial charge in [0, 0.05) is 19.3 Å². The van der Waals surface area contributed by atoms with Crippen molar-refractivity contribution in [2.45, 2.75) is 20.0 Å². The summed E-state index contributed by atoms with van der Waals surface area (Å²) in [5.41, 5.74) is 0.668. The molecule has 0 aliphatic heterocycles. The lowest BCUT2D eigenvalue weighted by Crippen LogP contribution is -2.28. The topological polar surface area (TPSA) is 117 Å². The number of aromatic nitrogens is 7. The maximum Gasteiger partial charge on any atom is 0.280 e. The van der Waals surface area contributed by atoms with Crippen molar-refractivity contribution in [3.05, 3.63) is 40.6 Å². The summed E-state index contributed by atoms with van der Waals surface area (Å²) in [6.07, 6.45) is 3.30. The van der Waals surface area contributed by atoms with Gasteiger partial charge in [0.15, 0.2) is 11.4 Å². The molecule has 12 heteroatoms. The number of thiophene rings is 1. The Morgan fingerprint density at radius 1 is 1.36 bits per heavy atom. The maximum atomic E-state index is 12.2. The van der Waals surface area contributed by atoms with Crippen molar-refractivity contribution >= 4 is 28.8 Å². The highest BCUT2D eigenvalue weighted by molar-refractivity contribution is 7.13. The number of carbonyl (C=O) groups excluding carboxylic acids is 1. The van der Waals surface area contributed by atoms with E-state index in [0.29, 0.717) is 36.2 Å². The third-order valence-corrected chi connectivity index (χ3v) is 4.95. The lowest BCUT2D eigenvalue weighted by Gasteiger charge is -2.03.